The molecule has 0 fully saturated rings. The second-order valence-corrected chi connectivity index (χ2v) is 5.00. The van der Waals surface area contributed by atoms with Crippen LogP contribution in [0.1, 0.15) is 16.7 Å². The summed E-state index contributed by atoms with van der Waals surface area (Å²) in [6.07, 6.45) is 0. The van der Waals surface area contributed by atoms with Crippen molar-refractivity contribution < 1.29 is 4.74 Å². The van der Waals surface area contributed by atoms with Gasteiger partial charge in [-0.3, -0.25) is 0 Å². The van der Waals surface area contributed by atoms with Crippen LogP contribution >= 0.6 is 12.2 Å². The lowest BCUT2D eigenvalue weighted by molar-refractivity contribution is 0.415. The van der Waals surface area contributed by atoms with Gasteiger partial charge in [0.25, 0.3) is 0 Å². The van der Waals surface area contributed by atoms with Gasteiger partial charge in [-0.05, 0) is 30.2 Å². The van der Waals surface area contributed by atoms with Gasteiger partial charge in [0.1, 0.15) is 10.7 Å². The number of ether oxygens (including phenoxy) is 1. The fourth-order valence-corrected chi connectivity index (χ4v) is 2.19. The van der Waals surface area contributed by atoms with Gasteiger partial charge in [-0.1, -0.05) is 36.5 Å². The summed E-state index contributed by atoms with van der Waals surface area (Å²) < 4.78 is 5.24. The molecule has 0 aromatic heterocycles. The van der Waals surface area contributed by atoms with Crippen LogP contribution < -0.4 is 15.8 Å². The van der Waals surface area contributed by atoms with Crippen LogP contribution in [-0.2, 0) is 6.54 Å². The van der Waals surface area contributed by atoms with E-state index in [2.05, 4.69) is 24.4 Å². The first kappa shape index (κ1) is 14.3. The van der Waals surface area contributed by atoms with Crippen LogP contribution in [0.25, 0.3) is 0 Å². The molecule has 2 aromatic carbocycles. The van der Waals surface area contributed by atoms with Crippen molar-refractivity contribution in [2.24, 2.45) is 5.73 Å². The van der Waals surface area contributed by atoms with E-state index in [9.17, 15) is 0 Å². The molecule has 20 heavy (non-hydrogen) atoms. The molecular weight excluding hydrogens is 268 g/mol. The SMILES string of the molecule is COc1ccc(C(N)=S)c(NCc2ccccc2C)c1. The van der Waals surface area contributed by atoms with E-state index in [0.717, 1.165) is 23.5 Å². The van der Waals surface area contributed by atoms with E-state index in [1.54, 1.807) is 7.11 Å². The Morgan fingerprint density at radius 3 is 2.65 bits per heavy atom. The van der Waals surface area contributed by atoms with Gasteiger partial charge in [0, 0.05) is 23.9 Å². The first-order chi connectivity index (χ1) is 9.61. The van der Waals surface area contributed by atoms with Gasteiger partial charge in [-0.25, -0.2) is 0 Å². The molecule has 0 saturated carbocycles. The van der Waals surface area contributed by atoms with Crippen molar-refractivity contribution in [3.63, 3.8) is 0 Å². The van der Waals surface area contributed by atoms with Crippen molar-refractivity contribution in [3.05, 3.63) is 59.2 Å². The number of anilines is 1. The molecule has 0 unspecified atom stereocenters. The fourth-order valence-electron chi connectivity index (χ4n) is 2.01. The lowest BCUT2D eigenvalue weighted by Crippen LogP contribution is -2.13. The Hall–Kier alpha value is -2.07. The van der Waals surface area contributed by atoms with E-state index in [0.29, 0.717) is 4.99 Å². The molecule has 0 heterocycles. The summed E-state index contributed by atoms with van der Waals surface area (Å²) in [6.45, 7) is 2.81. The summed E-state index contributed by atoms with van der Waals surface area (Å²) in [7, 11) is 1.64. The topological polar surface area (TPSA) is 47.3 Å². The lowest BCUT2D eigenvalue weighted by atomic mass is 10.1. The van der Waals surface area contributed by atoms with Crippen molar-refractivity contribution in [2.75, 3.05) is 12.4 Å². The highest BCUT2D eigenvalue weighted by atomic mass is 32.1. The van der Waals surface area contributed by atoms with Crippen LogP contribution in [-0.4, -0.2) is 12.1 Å². The first-order valence-corrected chi connectivity index (χ1v) is 6.79. The smallest absolute Gasteiger partial charge is 0.120 e. The monoisotopic (exact) mass is 286 g/mol. The van der Waals surface area contributed by atoms with Gasteiger partial charge in [-0.15, -0.1) is 0 Å². The minimum atomic E-state index is 0.375. The summed E-state index contributed by atoms with van der Waals surface area (Å²) in [4.78, 5) is 0.375. The second-order valence-electron chi connectivity index (χ2n) is 4.56. The van der Waals surface area contributed by atoms with Crippen molar-refractivity contribution in [1.29, 1.82) is 0 Å². The molecule has 0 atom stereocenters. The molecule has 0 aliphatic rings. The zero-order chi connectivity index (χ0) is 14.5. The molecule has 0 saturated heterocycles. The average Bonchev–Trinajstić information content (AvgIpc) is 2.46. The number of hydrogen-bond donors (Lipinski definition) is 2. The minimum absolute atomic E-state index is 0.375. The Bertz CT molecular complexity index is 626. The highest BCUT2D eigenvalue weighted by Crippen LogP contribution is 2.23. The van der Waals surface area contributed by atoms with Gasteiger partial charge in [0.2, 0.25) is 0 Å². The van der Waals surface area contributed by atoms with E-state index < -0.39 is 0 Å². The third-order valence-electron chi connectivity index (χ3n) is 3.22. The largest absolute Gasteiger partial charge is 0.497 e. The van der Waals surface area contributed by atoms with Crippen LogP contribution in [0.3, 0.4) is 0 Å². The summed E-state index contributed by atoms with van der Waals surface area (Å²) >= 11 is 5.08. The van der Waals surface area contributed by atoms with Gasteiger partial charge < -0.3 is 15.8 Å². The van der Waals surface area contributed by atoms with Crippen LogP contribution in [0.4, 0.5) is 5.69 Å². The first-order valence-electron chi connectivity index (χ1n) is 6.38. The number of aryl methyl sites for hydroxylation is 1. The Labute approximate surface area is 124 Å². The van der Waals surface area contributed by atoms with E-state index in [-0.39, 0.29) is 0 Å². The molecule has 3 nitrogen and oxygen atoms in total. The number of nitrogens with two attached hydrogens (primary N) is 1. The van der Waals surface area contributed by atoms with Crippen molar-refractivity contribution >= 4 is 22.9 Å². The van der Waals surface area contributed by atoms with Crippen LogP contribution in [0, 0.1) is 6.92 Å². The third kappa shape index (κ3) is 3.27. The Morgan fingerprint density at radius 1 is 1.25 bits per heavy atom. The predicted molar refractivity (Wildman–Crippen MR) is 87.4 cm³/mol. The molecule has 2 aromatic rings. The highest BCUT2D eigenvalue weighted by molar-refractivity contribution is 7.80. The normalized spacial score (nSPS) is 10.1. The van der Waals surface area contributed by atoms with E-state index in [1.165, 1.54) is 11.1 Å². The molecule has 0 bridgehead atoms. The molecule has 0 aliphatic heterocycles. The van der Waals surface area contributed by atoms with E-state index >= 15 is 0 Å². The van der Waals surface area contributed by atoms with Gasteiger partial charge in [0.15, 0.2) is 0 Å². The standard InChI is InChI=1S/C16H18N2OS/c1-11-5-3-4-6-12(11)10-18-15-9-13(19-2)7-8-14(15)16(17)20/h3-9,18H,10H2,1-2H3,(H2,17,20). The van der Waals surface area contributed by atoms with Crippen LogP contribution in [0.5, 0.6) is 5.75 Å². The summed E-state index contributed by atoms with van der Waals surface area (Å²) in [5, 5.41) is 3.38. The molecule has 2 rings (SSSR count). The predicted octanol–water partition coefficient (Wildman–Crippen LogP) is 3.25. The van der Waals surface area contributed by atoms with Crippen molar-refractivity contribution in [2.45, 2.75) is 13.5 Å². The molecule has 0 spiro atoms. The lowest BCUT2D eigenvalue weighted by Gasteiger charge is -2.14. The van der Waals surface area contributed by atoms with Crippen LogP contribution in [0.2, 0.25) is 0 Å². The molecule has 3 N–H and O–H groups in total. The molecule has 0 aliphatic carbocycles. The average molecular weight is 286 g/mol. The van der Waals surface area contributed by atoms with E-state index in [4.69, 9.17) is 22.7 Å². The van der Waals surface area contributed by atoms with Crippen LogP contribution in [0.15, 0.2) is 42.5 Å². The van der Waals surface area contributed by atoms with Crippen molar-refractivity contribution in [1.82, 2.24) is 0 Å². The second kappa shape index (κ2) is 6.39. The molecule has 0 amide bonds. The number of benzene rings is 2. The van der Waals surface area contributed by atoms with E-state index in [1.807, 2.05) is 30.3 Å². The molecule has 0 radical (unpaired) electrons. The summed E-state index contributed by atoms with van der Waals surface area (Å²) in [5.74, 6) is 0.775. The number of thiocarbonyl (C=S) groups is 1. The number of hydrogen-bond acceptors (Lipinski definition) is 3. The zero-order valence-electron chi connectivity index (χ0n) is 11.6. The molecule has 104 valence electrons. The maximum absolute atomic E-state index is 5.76. The number of rotatable bonds is 5. The Balaban J connectivity index is 2.24. The maximum Gasteiger partial charge on any atom is 0.120 e. The van der Waals surface area contributed by atoms with Gasteiger partial charge in [-0.2, -0.15) is 0 Å². The summed E-state index contributed by atoms with van der Waals surface area (Å²) in [6, 6.07) is 13.9. The zero-order valence-corrected chi connectivity index (χ0v) is 12.5. The molecule has 4 heteroatoms. The number of nitrogens with one attached hydrogen (secondary N) is 1. The number of methoxy groups -OCH3 is 1. The quantitative estimate of drug-likeness (QED) is 0.828. The van der Waals surface area contributed by atoms with Gasteiger partial charge in [0.05, 0.1) is 7.11 Å². The van der Waals surface area contributed by atoms with Gasteiger partial charge >= 0.3 is 0 Å². The molecular formula is C16H18N2OS. The fraction of sp³-hybridized carbons (Fsp3) is 0.188. The summed E-state index contributed by atoms with van der Waals surface area (Å²) in [5.41, 5.74) is 9.96. The maximum atomic E-state index is 5.76. The minimum Gasteiger partial charge on any atom is -0.497 e. The Morgan fingerprint density at radius 2 is 2.00 bits per heavy atom. The van der Waals surface area contributed by atoms with Crippen molar-refractivity contribution in [3.8, 4) is 5.75 Å². The Kier molecular flexibility index (Phi) is 4.58. The highest BCUT2D eigenvalue weighted by Gasteiger charge is 2.07. The third-order valence-corrected chi connectivity index (χ3v) is 3.44.